The van der Waals surface area contributed by atoms with E-state index in [1.807, 2.05) is 0 Å². The molecule has 0 heterocycles. The molecule has 0 atom stereocenters. The van der Waals surface area contributed by atoms with E-state index in [2.05, 4.69) is 12.2 Å². The van der Waals surface area contributed by atoms with Crippen molar-refractivity contribution in [3.05, 3.63) is 0 Å². The molecule has 0 amide bonds. The molecule has 0 bridgehead atoms. The summed E-state index contributed by atoms with van der Waals surface area (Å²) < 4.78 is 0. The Labute approximate surface area is 128 Å². The summed E-state index contributed by atoms with van der Waals surface area (Å²) in [6.07, 6.45) is 10.1. The molecule has 2 fully saturated rings. The fraction of sp³-hybridized carbons (Fsp3) is 0.941. The van der Waals surface area contributed by atoms with Gasteiger partial charge in [0.25, 0.3) is 0 Å². The first-order chi connectivity index (χ1) is 10.0. The van der Waals surface area contributed by atoms with Gasteiger partial charge in [0, 0.05) is 12.6 Å². The molecule has 0 spiro atoms. The van der Waals surface area contributed by atoms with Gasteiger partial charge in [0.15, 0.2) is 0 Å². The Bertz CT molecular complexity index is 329. The first-order valence-electron chi connectivity index (χ1n) is 8.71. The highest BCUT2D eigenvalue weighted by molar-refractivity contribution is 5.70. The Kier molecular flexibility index (Phi) is 6.06. The molecule has 0 unspecified atom stereocenters. The van der Waals surface area contributed by atoms with Crippen molar-refractivity contribution in [3.63, 3.8) is 0 Å². The molecule has 0 radical (unpaired) electrons. The van der Waals surface area contributed by atoms with Crippen LogP contribution in [0, 0.1) is 11.8 Å². The van der Waals surface area contributed by atoms with Crippen LogP contribution in [0.25, 0.3) is 0 Å². The number of hydrogen-bond acceptors (Lipinski definition) is 3. The van der Waals surface area contributed by atoms with Crippen LogP contribution in [-0.4, -0.2) is 34.4 Å². The van der Waals surface area contributed by atoms with E-state index in [1.54, 1.807) is 0 Å². The minimum absolute atomic E-state index is 0.255. The van der Waals surface area contributed by atoms with E-state index in [-0.39, 0.29) is 5.92 Å². The average molecular weight is 297 g/mol. The summed E-state index contributed by atoms with van der Waals surface area (Å²) in [6.45, 7) is 2.88. The van der Waals surface area contributed by atoms with Gasteiger partial charge in [-0.2, -0.15) is 0 Å². The van der Waals surface area contributed by atoms with Crippen LogP contribution < -0.4 is 5.32 Å². The van der Waals surface area contributed by atoms with Crippen molar-refractivity contribution in [1.29, 1.82) is 0 Å². The lowest BCUT2D eigenvalue weighted by molar-refractivity contribution is -0.144. The zero-order valence-electron chi connectivity index (χ0n) is 13.3. The number of aliphatic carboxylic acids is 1. The maximum atomic E-state index is 11.0. The summed E-state index contributed by atoms with van der Waals surface area (Å²) in [5, 5.41) is 23.1. The maximum absolute atomic E-state index is 11.0. The van der Waals surface area contributed by atoms with Gasteiger partial charge < -0.3 is 15.5 Å². The number of rotatable bonds is 6. The molecule has 0 aromatic heterocycles. The largest absolute Gasteiger partial charge is 0.481 e. The van der Waals surface area contributed by atoms with Crippen LogP contribution in [-0.2, 0) is 4.79 Å². The molecule has 3 N–H and O–H groups in total. The zero-order chi connectivity index (χ0) is 15.3. The van der Waals surface area contributed by atoms with Crippen molar-refractivity contribution in [2.75, 3.05) is 6.54 Å². The topological polar surface area (TPSA) is 69.6 Å². The second-order valence-corrected chi connectivity index (χ2v) is 7.22. The number of carbonyl (C=O) groups is 1. The van der Waals surface area contributed by atoms with Crippen LogP contribution >= 0.6 is 0 Å². The number of carboxylic acid groups (broad SMARTS) is 1. The normalized spacial score (nSPS) is 37.3. The summed E-state index contributed by atoms with van der Waals surface area (Å²) in [6, 6.07) is 0.541. The Morgan fingerprint density at radius 2 is 1.76 bits per heavy atom. The molecule has 2 aliphatic rings. The summed E-state index contributed by atoms with van der Waals surface area (Å²) in [5.74, 6) is -0.0591. The second kappa shape index (κ2) is 7.59. The highest BCUT2D eigenvalue weighted by Crippen LogP contribution is 2.33. The van der Waals surface area contributed by atoms with Gasteiger partial charge in [-0.3, -0.25) is 4.79 Å². The van der Waals surface area contributed by atoms with E-state index in [1.165, 1.54) is 38.5 Å². The van der Waals surface area contributed by atoms with Gasteiger partial charge in [-0.1, -0.05) is 19.8 Å². The zero-order valence-corrected chi connectivity index (χ0v) is 13.3. The van der Waals surface area contributed by atoms with Crippen molar-refractivity contribution in [3.8, 4) is 0 Å². The summed E-state index contributed by atoms with van der Waals surface area (Å²) in [4.78, 5) is 11.0. The standard InChI is InChI=1S/C17H31NO3/c1-2-3-13-4-6-15(7-5-13)18-12-17(21)10-8-14(9-11-17)16(19)20/h13-15,18,21H,2-12H2,1H3,(H,19,20). The second-order valence-electron chi connectivity index (χ2n) is 7.22. The van der Waals surface area contributed by atoms with E-state index in [0.29, 0.717) is 38.3 Å². The molecule has 122 valence electrons. The van der Waals surface area contributed by atoms with Gasteiger partial charge >= 0.3 is 5.97 Å². The molecular weight excluding hydrogens is 266 g/mol. The smallest absolute Gasteiger partial charge is 0.306 e. The van der Waals surface area contributed by atoms with E-state index in [4.69, 9.17) is 5.11 Å². The van der Waals surface area contributed by atoms with Crippen LogP contribution in [0.3, 0.4) is 0 Å². The minimum Gasteiger partial charge on any atom is -0.481 e. The number of nitrogens with one attached hydrogen (secondary N) is 1. The molecule has 0 aromatic carbocycles. The van der Waals surface area contributed by atoms with Crippen molar-refractivity contribution < 1.29 is 15.0 Å². The van der Waals surface area contributed by atoms with Crippen molar-refractivity contribution >= 4 is 5.97 Å². The van der Waals surface area contributed by atoms with E-state index in [9.17, 15) is 9.90 Å². The molecule has 21 heavy (non-hydrogen) atoms. The lowest BCUT2D eigenvalue weighted by atomic mass is 9.78. The van der Waals surface area contributed by atoms with Crippen LogP contribution in [0.1, 0.15) is 71.1 Å². The fourth-order valence-electron chi connectivity index (χ4n) is 3.98. The Hall–Kier alpha value is -0.610. The van der Waals surface area contributed by atoms with Gasteiger partial charge in [-0.15, -0.1) is 0 Å². The highest BCUT2D eigenvalue weighted by atomic mass is 16.4. The van der Waals surface area contributed by atoms with Crippen LogP contribution in [0.2, 0.25) is 0 Å². The Morgan fingerprint density at radius 3 is 2.29 bits per heavy atom. The predicted molar refractivity (Wildman–Crippen MR) is 83.2 cm³/mol. The average Bonchev–Trinajstić information content (AvgIpc) is 2.47. The van der Waals surface area contributed by atoms with Crippen LogP contribution in [0.15, 0.2) is 0 Å². The first-order valence-corrected chi connectivity index (χ1v) is 8.71. The van der Waals surface area contributed by atoms with Crippen molar-refractivity contribution in [2.45, 2.75) is 82.8 Å². The molecule has 2 saturated carbocycles. The highest BCUT2D eigenvalue weighted by Gasteiger charge is 2.36. The summed E-state index contributed by atoms with van der Waals surface area (Å²) >= 11 is 0. The summed E-state index contributed by atoms with van der Waals surface area (Å²) in [7, 11) is 0. The third-order valence-electron chi connectivity index (χ3n) is 5.53. The maximum Gasteiger partial charge on any atom is 0.306 e. The molecule has 2 aliphatic carbocycles. The number of hydrogen-bond donors (Lipinski definition) is 3. The van der Waals surface area contributed by atoms with Crippen molar-refractivity contribution in [1.82, 2.24) is 5.32 Å². The van der Waals surface area contributed by atoms with Crippen LogP contribution in [0.5, 0.6) is 0 Å². The van der Waals surface area contributed by atoms with Gasteiger partial charge in [0.2, 0.25) is 0 Å². The van der Waals surface area contributed by atoms with E-state index >= 15 is 0 Å². The lowest BCUT2D eigenvalue weighted by Gasteiger charge is -2.37. The van der Waals surface area contributed by atoms with Gasteiger partial charge in [-0.05, 0) is 57.3 Å². The third kappa shape index (κ3) is 4.96. The van der Waals surface area contributed by atoms with Gasteiger partial charge in [-0.25, -0.2) is 0 Å². The Morgan fingerprint density at radius 1 is 1.14 bits per heavy atom. The van der Waals surface area contributed by atoms with Gasteiger partial charge in [0.05, 0.1) is 11.5 Å². The number of carboxylic acids is 1. The van der Waals surface area contributed by atoms with Crippen LogP contribution in [0.4, 0.5) is 0 Å². The minimum atomic E-state index is -0.709. The predicted octanol–water partition coefficient (Wildman–Crippen LogP) is 2.94. The Balaban J connectivity index is 1.68. The molecule has 0 saturated heterocycles. The van der Waals surface area contributed by atoms with Gasteiger partial charge in [0.1, 0.15) is 0 Å². The molecule has 4 nitrogen and oxygen atoms in total. The molecule has 0 aromatic rings. The van der Waals surface area contributed by atoms with Crippen molar-refractivity contribution in [2.24, 2.45) is 11.8 Å². The SMILES string of the molecule is CCCC1CCC(NCC2(O)CCC(C(=O)O)CC2)CC1. The monoisotopic (exact) mass is 297 g/mol. The molecular formula is C17H31NO3. The molecule has 0 aliphatic heterocycles. The quantitative estimate of drug-likeness (QED) is 0.705. The summed E-state index contributed by atoms with van der Waals surface area (Å²) in [5.41, 5.74) is -0.688. The lowest BCUT2D eigenvalue weighted by Crippen LogP contribution is -2.48. The van der Waals surface area contributed by atoms with E-state index in [0.717, 1.165) is 5.92 Å². The first kappa shape index (κ1) is 16.8. The third-order valence-corrected chi connectivity index (χ3v) is 5.53. The fourth-order valence-corrected chi connectivity index (χ4v) is 3.98. The van der Waals surface area contributed by atoms with E-state index < -0.39 is 11.6 Å². The molecule has 2 rings (SSSR count). The number of aliphatic hydroxyl groups is 1. The molecule has 4 heteroatoms.